The van der Waals surface area contributed by atoms with Gasteiger partial charge in [-0.2, -0.15) is 0 Å². The van der Waals surface area contributed by atoms with E-state index in [1.165, 1.54) is 12.1 Å². The summed E-state index contributed by atoms with van der Waals surface area (Å²) in [5.41, 5.74) is 0.737. The first-order chi connectivity index (χ1) is 15.6. The Kier molecular flexibility index (Phi) is 6.99. The molecule has 4 rings (SSSR count). The highest BCUT2D eigenvalue weighted by Crippen LogP contribution is 2.39. The predicted molar refractivity (Wildman–Crippen MR) is 127 cm³/mol. The van der Waals surface area contributed by atoms with E-state index >= 15 is 0 Å². The van der Waals surface area contributed by atoms with Gasteiger partial charge in [-0.25, -0.2) is 9.18 Å². The molecule has 0 N–H and O–H groups in total. The summed E-state index contributed by atoms with van der Waals surface area (Å²) in [7, 11) is 0. The largest absolute Gasteiger partial charge is 0.449 e. The molecule has 2 atom stereocenters. The average Bonchev–Trinajstić information content (AvgIpc) is 3.03. The number of amides is 2. The maximum Gasteiger partial charge on any atom is 0.410 e. The lowest BCUT2D eigenvalue weighted by Crippen LogP contribution is -2.55. The van der Waals surface area contributed by atoms with Gasteiger partial charge in [-0.1, -0.05) is 20.8 Å². The minimum absolute atomic E-state index is 0.000167. The Balaban J connectivity index is 1.33. The Bertz CT molecular complexity index is 831. The van der Waals surface area contributed by atoms with Crippen LogP contribution < -0.4 is 4.90 Å². The maximum atomic E-state index is 13.3. The van der Waals surface area contributed by atoms with Crippen LogP contribution in [0.1, 0.15) is 66.2 Å². The van der Waals surface area contributed by atoms with Crippen molar-refractivity contribution in [1.82, 2.24) is 9.80 Å². The first-order valence-corrected chi connectivity index (χ1v) is 12.4. The van der Waals surface area contributed by atoms with E-state index in [0.717, 1.165) is 57.3 Å². The van der Waals surface area contributed by atoms with Crippen molar-refractivity contribution in [2.24, 2.45) is 5.41 Å². The van der Waals surface area contributed by atoms with Crippen molar-refractivity contribution in [3.05, 3.63) is 30.1 Å². The summed E-state index contributed by atoms with van der Waals surface area (Å²) in [5, 5.41) is 0. The van der Waals surface area contributed by atoms with Crippen LogP contribution in [0.3, 0.4) is 0 Å². The van der Waals surface area contributed by atoms with Crippen molar-refractivity contribution < 1.29 is 18.7 Å². The molecule has 182 valence electrons. The van der Waals surface area contributed by atoms with Crippen LogP contribution in [-0.2, 0) is 9.53 Å². The lowest BCUT2D eigenvalue weighted by Gasteiger charge is -2.46. The molecule has 2 bridgehead atoms. The Hall–Kier alpha value is -2.15. The van der Waals surface area contributed by atoms with Gasteiger partial charge in [0.05, 0.1) is 6.61 Å². The zero-order chi connectivity index (χ0) is 23.8. The smallest absolute Gasteiger partial charge is 0.410 e. The molecule has 3 heterocycles. The number of piperidine rings is 2. The minimum atomic E-state index is -0.291. The van der Waals surface area contributed by atoms with E-state index in [0.29, 0.717) is 12.6 Å². The topological polar surface area (TPSA) is 53.1 Å². The van der Waals surface area contributed by atoms with E-state index in [2.05, 4.69) is 25.7 Å². The molecule has 2 unspecified atom stereocenters. The number of halogens is 1. The van der Waals surface area contributed by atoms with Crippen LogP contribution in [0.5, 0.6) is 0 Å². The van der Waals surface area contributed by atoms with E-state index in [-0.39, 0.29) is 41.4 Å². The second kappa shape index (κ2) is 9.61. The number of carbonyl (C=O) groups excluding carboxylic acids is 2. The average molecular weight is 460 g/mol. The van der Waals surface area contributed by atoms with Gasteiger partial charge in [-0.05, 0) is 68.2 Å². The predicted octanol–water partition coefficient (Wildman–Crippen LogP) is 4.82. The zero-order valence-electron chi connectivity index (χ0n) is 20.4. The molecular weight excluding hydrogens is 421 g/mol. The van der Waals surface area contributed by atoms with Crippen molar-refractivity contribution in [3.8, 4) is 0 Å². The van der Waals surface area contributed by atoms with Gasteiger partial charge in [-0.15, -0.1) is 0 Å². The van der Waals surface area contributed by atoms with E-state index in [4.69, 9.17) is 4.74 Å². The number of benzene rings is 1. The molecule has 0 radical (unpaired) electrons. The van der Waals surface area contributed by atoms with Gasteiger partial charge >= 0.3 is 6.09 Å². The van der Waals surface area contributed by atoms with Gasteiger partial charge in [0.15, 0.2) is 0 Å². The number of ether oxygens (including phenoxy) is 1. The molecule has 2 amide bonds. The number of fused-ring (bicyclic) bond motifs is 2. The number of hydrogen-bond acceptors (Lipinski definition) is 4. The molecule has 33 heavy (non-hydrogen) atoms. The third kappa shape index (κ3) is 5.51. The summed E-state index contributed by atoms with van der Waals surface area (Å²) in [6.45, 7) is 10.1. The molecule has 6 nitrogen and oxygen atoms in total. The fourth-order valence-corrected chi connectivity index (χ4v) is 5.86. The molecule has 0 saturated carbocycles. The molecule has 3 fully saturated rings. The summed E-state index contributed by atoms with van der Waals surface area (Å²) in [4.78, 5) is 31.5. The molecular formula is C26H38FN3O3. The molecule has 3 aliphatic rings. The number of nitrogens with zero attached hydrogens (tertiary/aromatic N) is 3. The molecule has 1 aromatic rings. The molecule has 0 spiro atoms. The van der Waals surface area contributed by atoms with E-state index in [9.17, 15) is 14.0 Å². The molecule has 3 saturated heterocycles. The summed E-state index contributed by atoms with van der Waals surface area (Å²) in [6, 6.07) is 7.36. The van der Waals surface area contributed by atoms with E-state index < -0.39 is 0 Å². The van der Waals surface area contributed by atoms with Crippen LogP contribution in [-0.4, -0.2) is 65.7 Å². The second-order valence-corrected chi connectivity index (χ2v) is 11.2. The first-order valence-electron chi connectivity index (χ1n) is 12.4. The maximum absolute atomic E-state index is 13.3. The number of hydrogen-bond donors (Lipinski definition) is 0. The number of carbonyl (C=O) groups is 2. The van der Waals surface area contributed by atoms with E-state index in [1.807, 2.05) is 9.80 Å². The van der Waals surface area contributed by atoms with Crippen LogP contribution in [0.15, 0.2) is 24.3 Å². The normalized spacial score (nSPS) is 26.3. The SMILES string of the molecule is CC(=O)N(c1ccc(F)cc1)C1CCN(C2CC3CCC(C2)N3C(=O)OCC(C)(C)C)CC1. The molecule has 7 heteroatoms. The van der Waals surface area contributed by atoms with Gasteiger partial charge in [0.1, 0.15) is 5.82 Å². The summed E-state index contributed by atoms with van der Waals surface area (Å²) >= 11 is 0. The third-order valence-electron chi connectivity index (χ3n) is 7.37. The number of anilines is 1. The Morgan fingerprint density at radius 2 is 1.58 bits per heavy atom. The van der Waals surface area contributed by atoms with Crippen molar-refractivity contribution in [3.63, 3.8) is 0 Å². The van der Waals surface area contributed by atoms with Crippen LogP contribution in [0.4, 0.5) is 14.9 Å². The van der Waals surface area contributed by atoms with Crippen LogP contribution in [0.25, 0.3) is 0 Å². The van der Waals surface area contributed by atoms with Gasteiger partial charge in [0, 0.05) is 49.9 Å². The quantitative estimate of drug-likeness (QED) is 0.648. The van der Waals surface area contributed by atoms with Crippen molar-refractivity contribution in [2.75, 3.05) is 24.6 Å². The summed E-state index contributed by atoms with van der Waals surface area (Å²) in [5.74, 6) is -0.291. The fourth-order valence-electron chi connectivity index (χ4n) is 5.86. The van der Waals surface area contributed by atoms with Gasteiger partial charge in [-0.3, -0.25) is 4.79 Å². The fraction of sp³-hybridized carbons (Fsp3) is 0.692. The second-order valence-electron chi connectivity index (χ2n) is 11.2. The van der Waals surface area contributed by atoms with Gasteiger partial charge < -0.3 is 19.4 Å². The van der Waals surface area contributed by atoms with Crippen LogP contribution >= 0.6 is 0 Å². The Morgan fingerprint density at radius 1 is 1.00 bits per heavy atom. The monoisotopic (exact) mass is 459 g/mol. The minimum Gasteiger partial charge on any atom is -0.449 e. The molecule has 3 aliphatic heterocycles. The standard InChI is InChI=1S/C26H38FN3O3/c1-18(31)29(20-7-5-19(27)6-8-20)21-11-13-28(14-12-21)24-15-22-9-10-23(16-24)30(22)25(32)33-17-26(2,3)4/h5-8,21-24H,9-17H2,1-4H3. The first kappa shape index (κ1) is 24.0. The van der Waals surface area contributed by atoms with Gasteiger partial charge in [0.25, 0.3) is 0 Å². The number of likely N-dealkylation sites (tertiary alicyclic amines) is 1. The highest BCUT2D eigenvalue weighted by molar-refractivity contribution is 5.92. The van der Waals surface area contributed by atoms with Gasteiger partial charge in [0.2, 0.25) is 5.91 Å². The number of rotatable bonds is 4. The molecule has 0 aliphatic carbocycles. The highest BCUT2D eigenvalue weighted by Gasteiger charge is 2.46. The van der Waals surface area contributed by atoms with Crippen LogP contribution in [0, 0.1) is 11.2 Å². The summed E-state index contributed by atoms with van der Waals surface area (Å²) in [6.07, 6.45) is 5.78. The molecule has 1 aromatic carbocycles. The van der Waals surface area contributed by atoms with Crippen LogP contribution in [0.2, 0.25) is 0 Å². The lowest BCUT2D eigenvalue weighted by atomic mass is 9.93. The van der Waals surface area contributed by atoms with Crippen molar-refractivity contribution in [1.29, 1.82) is 0 Å². The molecule has 0 aromatic heterocycles. The zero-order valence-corrected chi connectivity index (χ0v) is 20.4. The van der Waals surface area contributed by atoms with Crippen molar-refractivity contribution in [2.45, 2.75) is 90.4 Å². The Morgan fingerprint density at radius 3 is 2.09 bits per heavy atom. The highest BCUT2D eigenvalue weighted by atomic mass is 19.1. The Labute approximate surface area is 197 Å². The van der Waals surface area contributed by atoms with E-state index in [1.54, 1.807) is 19.1 Å². The van der Waals surface area contributed by atoms with Crippen molar-refractivity contribution >= 4 is 17.7 Å². The lowest BCUT2D eigenvalue weighted by molar-refractivity contribution is -0.117. The summed E-state index contributed by atoms with van der Waals surface area (Å²) < 4.78 is 19.0. The third-order valence-corrected chi connectivity index (χ3v) is 7.37.